The molecular formula is C21H18O2. The third-order valence-electron chi connectivity index (χ3n) is 4.56. The smallest absolute Gasteiger partial charge is 0.144 e. The van der Waals surface area contributed by atoms with Gasteiger partial charge in [-0.15, -0.1) is 0 Å². The largest absolute Gasteiger partial charge is 0.392 e. The first kappa shape index (κ1) is 14.2. The quantitative estimate of drug-likeness (QED) is 0.792. The van der Waals surface area contributed by atoms with E-state index >= 15 is 0 Å². The zero-order valence-corrected chi connectivity index (χ0v) is 12.8. The van der Waals surface area contributed by atoms with Gasteiger partial charge in [0.05, 0.1) is 13.2 Å². The molecule has 0 unspecified atom stereocenters. The van der Waals surface area contributed by atoms with Crippen LogP contribution in [0.4, 0.5) is 0 Å². The highest BCUT2D eigenvalue weighted by molar-refractivity contribution is 5.55. The summed E-state index contributed by atoms with van der Waals surface area (Å²) in [6.45, 7) is 0.556. The van der Waals surface area contributed by atoms with E-state index in [1.807, 2.05) is 48.5 Å². The van der Waals surface area contributed by atoms with E-state index < -0.39 is 5.60 Å². The van der Waals surface area contributed by atoms with Crippen molar-refractivity contribution in [2.75, 3.05) is 0 Å². The second kappa shape index (κ2) is 5.65. The summed E-state index contributed by atoms with van der Waals surface area (Å²) in [5.41, 5.74) is 4.67. The summed E-state index contributed by atoms with van der Waals surface area (Å²) < 4.78 is 6.41. The van der Waals surface area contributed by atoms with Crippen molar-refractivity contribution in [3.8, 4) is 0 Å². The van der Waals surface area contributed by atoms with Gasteiger partial charge in [-0.3, -0.25) is 0 Å². The summed E-state index contributed by atoms with van der Waals surface area (Å²) in [4.78, 5) is 0. The minimum absolute atomic E-state index is 0.00789. The molecule has 0 aromatic heterocycles. The third-order valence-corrected chi connectivity index (χ3v) is 4.56. The molecule has 0 saturated heterocycles. The van der Waals surface area contributed by atoms with Crippen LogP contribution in [0.1, 0.15) is 27.8 Å². The Morgan fingerprint density at radius 3 is 1.96 bits per heavy atom. The van der Waals surface area contributed by atoms with Crippen molar-refractivity contribution in [1.82, 2.24) is 0 Å². The molecule has 4 rings (SSSR count). The maximum atomic E-state index is 9.87. The number of rotatable bonds is 3. The van der Waals surface area contributed by atoms with Crippen molar-refractivity contribution in [2.45, 2.75) is 18.8 Å². The van der Waals surface area contributed by atoms with Crippen LogP contribution in [-0.4, -0.2) is 5.11 Å². The first-order chi connectivity index (χ1) is 11.4. The van der Waals surface area contributed by atoms with Crippen molar-refractivity contribution in [2.24, 2.45) is 0 Å². The monoisotopic (exact) mass is 302 g/mol. The summed E-state index contributed by atoms with van der Waals surface area (Å²) in [5, 5.41) is 9.87. The van der Waals surface area contributed by atoms with Gasteiger partial charge in [-0.25, -0.2) is 0 Å². The van der Waals surface area contributed by atoms with Crippen LogP contribution in [0.25, 0.3) is 0 Å². The van der Waals surface area contributed by atoms with Gasteiger partial charge in [0, 0.05) is 5.56 Å². The van der Waals surface area contributed by atoms with Gasteiger partial charge in [-0.2, -0.15) is 0 Å². The molecule has 0 spiro atoms. The van der Waals surface area contributed by atoms with E-state index in [1.54, 1.807) is 0 Å². The number of hydrogen-bond donors (Lipinski definition) is 1. The molecule has 23 heavy (non-hydrogen) atoms. The normalized spacial score (nSPS) is 15.3. The van der Waals surface area contributed by atoms with Gasteiger partial charge < -0.3 is 9.84 Å². The second-order valence-electron chi connectivity index (χ2n) is 5.81. The Hall–Kier alpha value is -2.42. The van der Waals surface area contributed by atoms with Crippen LogP contribution in [-0.2, 0) is 23.6 Å². The van der Waals surface area contributed by atoms with E-state index in [-0.39, 0.29) is 6.61 Å². The summed E-state index contributed by atoms with van der Waals surface area (Å²) in [7, 11) is 0. The lowest BCUT2D eigenvalue weighted by Gasteiger charge is -2.32. The highest BCUT2D eigenvalue weighted by Crippen LogP contribution is 2.48. The van der Waals surface area contributed by atoms with Crippen LogP contribution in [0.2, 0.25) is 0 Å². The Bertz CT molecular complexity index is 770. The summed E-state index contributed by atoms with van der Waals surface area (Å²) in [6.07, 6.45) is 0. The zero-order valence-electron chi connectivity index (χ0n) is 12.8. The number of benzene rings is 3. The van der Waals surface area contributed by atoms with Crippen molar-refractivity contribution >= 4 is 0 Å². The van der Waals surface area contributed by atoms with E-state index in [4.69, 9.17) is 4.74 Å². The Morgan fingerprint density at radius 2 is 1.39 bits per heavy atom. The SMILES string of the molecule is OCc1cccc2c1C(c1ccccc1)(c1ccccc1)OC2. The number of ether oxygens (including phenoxy) is 1. The van der Waals surface area contributed by atoms with Crippen LogP contribution < -0.4 is 0 Å². The van der Waals surface area contributed by atoms with E-state index in [0.29, 0.717) is 6.61 Å². The van der Waals surface area contributed by atoms with Gasteiger partial charge in [0.2, 0.25) is 0 Å². The average molecular weight is 302 g/mol. The molecule has 2 nitrogen and oxygen atoms in total. The van der Waals surface area contributed by atoms with Crippen molar-refractivity contribution in [3.05, 3.63) is 107 Å². The first-order valence-corrected chi connectivity index (χ1v) is 7.83. The van der Waals surface area contributed by atoms with E-state index in [9.17, 15) is 5.11 Å². The average Bonchev–Trinajstić information content (AvgIpc) is 3.04. The lowest BCUT2D eigenvalue weighted by molar-refractivity contribution is 0.0258. The molecule has 0 aliphatic carbocycles. The molecule has 0 bridgehead atoms. The fourth-order valence-corrected chi connectivity index (χ4v) is 3.58. The third kappa shape index (κ3) is 2.11. The lowest BCUT2D eigenvalue weighted by Crippen LogP contribution is -2.29. The van der Waals surface area contributed by atoms with Gasteiger partial charge in [0.15, 0.2) is 0 Å². The molecule has 114 valence electrons. The topological polar surface area (TPSA) is 29.5 Å². The predicted octanol–water partition coefficient (Wildman–Crippen LogP) is 4.00. The molecule has 0 fully saturated rings. The molecule has 1 aliphatic heterocycles. The zero-order chi connectivity index (χ0) is 15.7. The van der Waals surface area contributed by atoms with Gasteiger partial charge in [0.1, 0.15) is 5.60 Å². The molecule has 0 saturated carbocycles. The standard InChI is InChI=1S/C21H18O2/c22-14-16-8-7-9-17-15-23-21(20(16)17,18-10-3-1-4-11-18)19-12-5-2-6-13-19/h1-13,22H,14-15H2. The summed E-state index contributed by atoms with van der Waals surface area (Å²) >= 11 is 0. The van der Waals surface area contributed by atoms with Crippen molar-refractivity contribution in [3.63, 3.8) is 0 Å². The van der Waals surface area contributed by atoms with Crippen LogP contribution >= 0.6 is 0 Å². The fourth-order valence-electron chi connectivity index (χ4n) is 3.58. The van der Waals surface area contributed by atoms with E-state index in [1.165, 1.54) is 0 Å². The van der Waals surface area contributed by atoms with Gasteiger partial charge in [-0.1, -0.05) is 78.9 Å². The predicted molar refractivity (Wildman–Crippen MR) is 89.9 cm³/mol. The highest BCUT2D eigenvalue weighted by atomic mass is 16.5. The second-order valence-corrected chi connectivity index (χ2v) is 5.81. The Morgan fingerprint density at radius 1 is 0.783 bits per heavy atom. The lowest BCUT2D eigenvalue weighted by atomic mass is 9.78. The van der Waals surface area contributed by atoms with Crippen molar-refractivity contribution in [1.29, 1.82) is 0 Å². The number of hydrogen-bond acceptors (Lipinski definition) is 2. The Balaban J connectivity index is 2.06. The summed E-state index contributed by atoms with van der Waals surface area (Å²) in [6, 6.07) is 26.6. The van der Waals surface area contributed by atoms with Gasteiger partial charge in [0.25, 0.3) is 0 Å². The number of aliphatic hydroxyl groups is 1. The molecule has 1 aliphatic rings. The molecule has 1 heterocycles. The van der Waals surface area contributed by atoms with Gasteiger partial charge >= 0.3 is 0 Å². The molecule has 3 aromatic rings. The molecule has 3 aromatic carbocycles. The minimum Gasteiger partial charge on any atom is -0.392 e. The van der Waals surface area contributed by atoms with E-state index in [0.717, 1.165) is 27.8 Å². The van der Waals surface area contributed by atoms with Crippen LogP contribution in [0.5, 0.6) is 0 Å². The Kier molecular flexibility index (Phi) is 3.49. The van der Waals surface area contributed by atoms with Gasteiger partial charge in [-0.05, 0) is 22.3 Å². The Labute approximate surface area is 136 Å². The molecule has 0 radical (unpaired) electrons. The number of aliphatic hydroxyl groups excluding tert-OH is 1. The van der Waals surface area contributed by atoms with Crippen LogP contribution in [0.3, 0.4) is 0 Å². The fraction of sp³-hybridized carbons (Fsp3) is 0.143. The van der Waals surface area contributed by atoms with E-state index in [2.05, 4.69) is 30.3 Å². The van der Waals surface area contributed by atoms with Crippen molar-refractivity contribution < 1.29 is 9.84 Å². The molecule has 1 N–H and O–H groups in total. The molecule has 0 atom stereocenters. The molecule has 2 heteroatoms. The maximum absolute atomic E-state index is 9.87. The van der Waals surface area contributed by atoms with Crippen LogP contribution in [0.15, 0.2) is 78.9 Å². The highest BCUT2D eigenvalue weighted by Gasteiger charge is 2.44. The summed E-state index contributed by atoms with van der Waals surface area (Å²) in [5.74, 6) is 0. The molecule has 0 amide bonds. The first-order valence-electron chi connectivity index (χ1n) is 7.83. The number of fused-ring (bicyclic) bond motifs is 1. The minimum atomic E-state index is -0.656. The molecular weight excluding hydrogens is 284 g/mol. The van der Waals surface area contributed by atoms with Crippen LogP contribution in [0, 0.1) is 0 Å². The maximum Gasteiger partial charge on any atom is 0.144 e.